The SMILES string of the molecule is CCNC(=NCc1ccccc1OC)NCCCCN1CCOCC1. The second-order valence-corrected chi connectivity index (χ2v) is 6.09. The first-order valence-corrected chi connectivity index (χ1v) is 9.27. The molecule has 0 aliphatic carbocycles. The van der Waals surface area contributed by atoms with Crippen LogP contribution in [-0.4, -0.2) is 63.9 Å². The van der Waals surface area contributed by atoms with E-state index in [0.29, 0.717) is 6.54 Å². The average molecular weight is 348 g/mol. The number of guanidine groups is 1. The van der Waals surface area contributed by atoms with E-state index < -0.39 is 0 Å². The summed E-state index contributed by atoms with van der Waals surface area (Å²) in [7, 11) is 1.69. The fourth-order valence-electron chi connectivity index (χ4n) is 2.83. The van der Waals surface area contributed by atoms with Crippen LogP contribution in [0.4, 0.5) is 0 Å². The molecule has 6 heteroatoms. The number of nitrogens with zero attached hydrogens (tertiary/aromatic N) is 2. The molecule has 1 aromatic rings. The third-order valence-corrected chi connectivity index (χ3v) is 4.24. The number of ether oxygens (including phenoxy) is 2. The van der Waals surface area contributed by atoms with Crippen molar-refractivity contribution in [3.8, 4) is 5.75 Å². The minimum absolute atomic E-state index is 0.604. The topological polar surface area (TPSA) is 58.1 Å². The number of morpholine rings is 1. The summed E-state index contributed by atoms with van der Waals surface area (Å²) >= 11 is 0. The zero-order valence-corrected chi connectivity index (χ0v) is 15.6. The van der Waals surface area contributed by atoms with Gasteiger partial charge in [-0.3, -0.25) is 4.90 Å². The van der Waals surface area contributed by atoms with E-state index in [1.165, 1.54) is 6.42 Å². The van der Waals surface area contributed by atoms with E-state index in [1.54, 1.807) is 7.11 Å². The molecule has 0 radical (unpaired) electrons. The summed E-state index contributed by atoms with van der Waals surface area (Å²) in [5, 5.41) is 6.72. The van der Waals surface area contributed by atoms with Crippen LogP contribution in [0.3, 0.4) is 0 Å². The molecule has 0 atom stereocenters. The van der Waals surface area contributed by atoms with Gasteiger partial charge < -0.3 is 20.1 Å². The van der Waals surface area contributed by atoms with E-state index in [9.17, 15) is 0 Å². The molecule has 0 amide bonds. The quantitative estimate of drug-likeness (QED) is 0.405. The molecule has 1 aromatic carbocycles. The largest absolute Gasteiger partial charge is 0.496 e. The van der Waals surface area contributed by atoms with Gasteiger partial charge in [0.1, 0.15) is 5.75 Å². The van der Waals surface area contributed by atoms with E-state index in [0.717, 1.165) is 69.6 Å². The highest BCUT2D eigenvalue weighted by Gasteiger charge is 2.09. The van der Waals surface area contributed by atoms with Crippen molar-refractivity contribution in [2.24, 2.45) is 4.99 Å². The van der Waals surface area contributed by atoms with Gasteiger partial charge in [-0.1, -0.05) is 18.2 Å². The molecule has 0 saturated carbocycles. The Morgan fingerprint density at radius 1 is 1.20 bits per heavy atom. The fraction of sp³-hybridized carbons (Fsp3) is 0.632. The zero-order valence-electron chi connectivity index (χ0n) is 15.6. The minimum atomic E-state index is 0.604. The summed E-state index contributed by atoms with van der Waals surface area (Å²) in [5.74, 6) is 1.74. The van der Waals surface area contributed by atoms with Crippen LogP contribution in [0.15, 0.2) is 29.3 Å². The summed E-state index contributed by atoms with van der Waals surface area (Å²) in [6, 6.07) is 8.01. The number of para-hydroxylation sites is 1. The zero-order chi connectivity index (χ0) is 17.7. The molecule has 0 bridgehead atoms. The van der Waals surface area contributed by atoms with Gasteiger partial charge in [-0.25, -0.2) is 4.99 Å². The smallest absolute Gasteiger partial charge is 0.191 e. The van der Waals surface area contributed by atoms with Crippen molar-refractivity contribution in [3.05, 3.63) is 29.8 Å². The van der Waals surface area contributed by atoms with Crippen molar-refractivity contribution >= 4 is 5.96 Å². The van der Waals surface area contributed by atoms with E-state index in [2.05, 4.69) is 27.4 Å². The van der Waals surface area contributed by atoms with E-state index in [1.807, 2.05) is 24.3 Å². The molecule has 0 spiro atoms. The van der Waals surface area contributed by atoms with Crippen molar-refractivity contribution in [1.29, 1.82) is 0 Å². The molecule has 0 unspecified atom stereocenters. The maximum absolute atomic E-state index is 5.38. The highest BCUT2D eigenvalue weighted by molar-refractivity contribution is 5.79. The Bertz CT molecular complexity index is 516. The second-order valence-electron chi connectivity index (χ2n) is 6.09. The lowest BCUT2D eigenvalue weighted by Crippen LogP contribution is -2.39. The Morgan fingerprint density at radius 3 is 2.76 bits per heavy atom. The fourth-order valence-corrected chi connectivity index (χ4v) is 2.83. The highest BCUT2D eigenvalue weighted by atomic mass is 16.5. The standard InChI is InChI=1S/C19H32N4O2/c1-3-20-19(22-16-17-8-4-5-9-18(17)24-2)21-10-6-7-11-23-12-14-25-15-13-23/h4-5,8-9H,3,6-7,10-16H2,1-2H3,(H2,20,21,22). The molecule has 2 rings (SSSR count). The Kier molecular flexibility index (Phi) is 9.15. The van der Waals surface area contributed by atoms with Crippen LogP contribution in [-0.2, 0) is 11.3 Å². The van der Waals surface area contributed by atoms with Crippen LogP contribution in [0.1, 0.15) is 25.3 Å². The molecule has 25 heavy (non-hydrogen) atoms. The Balaban J connectivity index is 1.71. The van der Waals surface area contributed by atoms with Crippen molar-refractivity contribution in [2.45, 2.75) is 26.3 Å². The Labute approximate surface area is 151 Å². The van der Waals surface area contributed by atoms with Gasteiger partial charge in [-0.05, 0) is 32.4 Å². The van der Waals surface area contributed by atoms with Gasteiger partial charge in [0.2, 0.25) is 0 Å². The molecule has 1 aliphatic rings. The normalized spacial score (nSPS) is 15.8. The van der Waals surface area contributed by atoms with E-state index in [4.69, 9.17) is 9.47 Å². The van der Waals surface area contributed by atoms with Crippen molar-refractivity contribution < 1.29 is 9.47 Å². The van der Waals surface area contributed by atoms with Crippen molar-refractivity contribution in [3.63, 3.8) is 0 Å². The number of hydrogen-bond acceptors (Lipinski definition) is 4. The predicted molar refractivity (Wildman–Crippen MR) is 102 cm³/mol. The maximum atomic E-state index is 5.38. The number of nitrogens with one attached hydrogen (secondary N) is 2. The monoisotopic (exact) mass is 348 g/mol. The van der Waals surface area contributed by atoms with Crippen LogP contribution < -0.4 is 15.4 Å². The minimum Gasteiger partial charge on any atom is -0.496 e. The van der Waals surface area contributed by atoms with Crippen molar-refractivity contribution in [1.82, 2.24) is 15.5 Å². The lowest BCUT2D eigenvalue weighted by Gasteiger charge is -2.26. The molecule has 140 valence electrons. The summed E-state index contributed by atoms with van der Waals surface area (Å²) in [6.07, 6.45) is 2.33. The van der Waals surface area contributed by atoms with Crippen LogP contribution in [0.25, 0.3) is 0 Å². The molecule has 0 aromatic heterocycles. The van der Waals surface area contributed by atoms with Gasteiger partial charge in [0.15, 0.2) is 5.96 Å². The van der Waals surface area contributed by atoms with Gasteiger partial charge in [-0.2, -0.15) is 0 Å². The first kappa shape index (κ1) is 19.5. The Morgan fingerprint density at radius 2 is 2.00 bits per heavy atom. The predicted octanol–water partition coefficient (Wildman–Crippen LogP) is 1.86. The van der Waals surface area contributed by atoms with Gasteiger partial charge >= 0.3 is 0 Å². The molecule has 2 N–H and O–H groups in total. The van der Waals surface area contributed by atoms with Gasteiger partial charge in [0.25, 0.3) is 0 Å². The van der Waals surface area contributed by atoms with Gasteiger partial charge in [0.05, 0.1) is 26.9 Å². The maximum Gasteiger partial charge on any atom is 0.191 e. The first-order valence-electron chi connectivity index (χ1n) is 9.27. The third kappa shape index (κ3) is 7.32. The number of unbranched alkanes of at least 4 members (excludes halogenated alkanes) is 1. The van der Waals surface area contributed by atoms with Crippen LogP contribution in [0.2, 0.25) is 0 Å². The molecule has 1 heterocycles. The lowest BCUT2D eigenvalue weighted by atomic mass is 10.2. The summed E-state index contributed by atoms with van der Waals surface area (Å²) in [6.45, 7) is 9.50. The lowest BCUT2D eigenvalue weighted by molar-refractivity contribution is 0.0372. The first-order chi connectivity index (χ1) is 12.3. The summed E-state index contributed by atoms with van der Waals surface area (Å²) in [4.78, 5) is 7.14. The van der Waals surface area contributed by atoms with Gasteiger partial charge in [-0.15, -0.1) is 0 Å². The van der Waals surface area contributed by atoms with Crippen molar-refractivity contribution in [2.75, 3.05) is 53.0 Å². The molecule has 1 fully saturated rings. The molecular formula is C19H32N4O2. The number of methoxy groups -OCH3 is 1. The van der Waals surface area contributed by atoms with Crippen LogP contribution in [0, 0.1) is 0 Å². The molecule has 6 nitrogen and oxygen atoms in total. The molecule has 1 aliphatic heterocycles. The van der Waals surface area contributed by atoms with Crippen LogP contribution >= 0.6 is 0 Å². The number of hydrogen-bond donors (Lipinski definition) is 2. The molecular weight excluding hydrogens is 316 g/mol. The molecule has 1 saturated heterocycles. The Hall–Kier alpha value is -1.79. The summed E-state index contributed by atoms with van der Waals surface area (Å²) in [5.41, 5.74) is 1.09. The summed E-state index contributed by atoms with van der Waals surface area (Å²) < 4.78 is 10.8. The van der Waals surface area contributed by atoms with Gasteiger partial charge in [0, 0.05) is 31.7 Å². The van der Waals surface area contributed by atoms with E-state index in [-0.39, 0.29) is 0 Å². The third-order valence-electron chi connectivity index (χ3n) is 4.24. The second kappa shape index (κ2) is 11.7. The number of benzene rings is 1. The highest BCUT2D eigenvalue weighted by Crippen LogP contribution is 2.17. The van der Waals surface area contributed by atoms with Crippen LogP contribution in [0.5, 0.6) is 5.75 Å². The number of aliphatic imine (C=N–C) groups is 1. The number of rotatable bonds is 9. The van der Waals surface area contributed by atoms with E-state index >= 15 is 0 Å². The average Bonchev–Trinajstić information content (AvgIpc) is 2.66.